The highest BCUT2D eigenvalue weighted by Crippen LogP contribution is 2.47. The van der Waals surface area contributed by atoms with Gasteiger partial charge in [-0.25, -0.2) is 19.2 Å². The molecule has 0 radical (unpaired) electrons. The van der Waals surface area contributed by atoms with E-state index in [2.05, 4.69) is 15.2 Å². The van der Waals surface area contributed by atoms with Crippen LogP contribution in [0, 0.1) is 17.2 Å². The van der Waals surface area contributed by atoms with Crippen molar-refractivity contribution in [2.24, 2.45) is 5.92 Å². The molecule has 1 fully saturated rings. The second-order valence-corrected chi connectivity index (χ2v) is 11.9. The van der Waals surface area contributed by atoms with Crippen molar-refractivity contribution in [2.45, 2.75) is 76.1 Å². The maximum absolute atomic E-state index is 14.0. The van der Waals surface area contributed by atoms with E-state index in [1.54, 1.807) is 43.3 Å². The summed E-state index contributed by atoms with van der Waals surface area (Å²) in [7, 11) is -4.17. The zero-order chi connectivity index (χ0) is 29.8. The van der Waals surface area contributed by atoms with E-state index in [1.807, 2.05) is 19.9 Å². The lowest BCUT2D eigenvalue weighted by Crippen LogP contribution is -2.41. The van der Waals surface area contributed by atoms with E-state index in [-0.39, 0.29) is 23.2 Å². The van der Waals surface area contributed by atoms with Crippen molar-refractivity contribution in [3.8, 4) is 11.8 Å². The Morgan fingerprint density at radius 1 is 1.24 bits per heavy atom. The maximum atomic E-state index is 14.0. The molecule has 222 valence electrons. The van der Waals surface area contributed by atoms with Crippen LogP contribution in [0.15, 0.2) is 48.8 Å². The molecule has 6 N–H and O–H groups in total. The number of aliphatic hydroxyl groups excluding tert-OH is 3. The van der Waals surface area contributed by atoms with Crippen molar-refractivity contribution in [3.05, 3.63) is 54.5 Å². The number of para-hydroxylation sites is 1. The lowest BCUT2D eigenvalue weighted by atomic mass is 9.92. The summed E-state index contributed by atoms with van der Waals surface area (Å²) < 4.78 is 32.7. The highest BCUT2D eigenvalue weighted by atomic mass is 31.2. The third kappa shape index (κ3) is 6.39. The monoisotopic (exact) mass is 588 g/mol. The number of hydrogen-bond donors (Lipinski definition) is 5. The minimum atomic E-state index is -4.17. The molecule has 3 aromatic rings. The first-order valence-electron chi connectivity index (χ1n) is 13.6. The van der Waals surface area contributed by atoms with Gasteiger partial charge in [0.05, 0.1) is 18.4 Å². The fourth-order valence-electron chi connectivity index (χ4n) is 4.94. The Balaban J connectivity index is 1.55. The molecule has 2 aromatic heterocycles. The van der Waals surface area contributed by atoms with E-state index in [4.69, 9.17) is 19.5 Å². The summed E-state index contributed by atoms with van der Waals surface area (Å²) in [5.74, 6) is 0.692. The van der Waals surface area contributed by atoms with Gasteiger partial charge in [-0.3, -0.25) is 4.52 Å². The summed E-state index contributed by atoms with van der Waals surface area (Å²) >= 11 is 0. The molecule has 14 heteroatoms. The number of ether oxygens (including phenoxy) is 1. The van der Waals surface area contributed by atoms with Crippen molar-refractivity contribution in [2.75, 3.05) is 12.3 Å². The van der Waals surface area contributed by atoms with Gasteiger partial charge >= 0.3 is 7.75 Å². The Kier molecular flexibility index (Phi) is 9.66. The van der Waals surface area contributed by atoms with Gasteiger partial charge in [-0.15, -0.1) is 0 Å². The molecule has 0 bridgehead atoms. The number of nitrogens with zero attached hydrogens (tertiary/aromatic N) is 4. The number of aliphatic hydroxyl groups is 3. The van der Waals surface area contributed by atoms with Crippen LogP contribution in [-0.4, -0.2) is 67.0 Å². The number of hydrogen-bond acceptors (Lipinski definition) is 11. The second kappa shape index (κ2) is 12.8. The third-order valence-corrected chi connectivity index (χ3v) is 9.20. The zero-order valence-electron chi connectivity index (χ0n) is 23.2. The third-order valence-electron chi connectivity index (χ3n) is 7.53. The second-order valence-electron chi connectivity index (χ2n) is 10.2. The van der Waals surface area contributed by atoms with Crippen LogP contribution in [0.4, 0.5) is 5.82 Å². The standard InChI is InChI=1S/C27H37N6O7P/c1-4-18(5-2)13-21(34)17(3)32-41(37,40-19-9-7-6-8-10-19)38-14-22-24(35)25(36)27(15-28,39-22)23-12-11-20-26(29)30-16-31-33(20)23/h6-12,16-18,21-22,24-25,34-36H,4-5,13-14H2,1-3H3,(H,32,37)(H2,29,30,31)/t17-,21?,22+,24+,25+,27-,41-/m0/s1. The molecule has 0 amide bonds. The summed E-state index contributed by atoms with van der Waals surface area (Å²) in [6.07, 6.45) is -1.96. The molecule has 1 aromatic carbocycles. The first kappa shape index (κ1) is 30.9. The number of nitrogens with one attached hydrogen (secondary N) is 1. The number of nitrogens with two attached hydrogens (primary N) is 1. The molecule has 13 nitrogen and oxygen atoms in total. The highest BCUT2D eigenvalue weighted by Gasteiger charge is 2.58. The molecule has 0 spiro atoms. The summed E-state index contributed by atoms with van der Waals surface area (Å²) in [5.41, 5.74) is 4.37. The molecule has 1 aliphatic rings. The van der Waals surface area contributed by atoms with Crippen molar-refractivity contribution >= 4 is 19.1 Å². The van der Waals surface area contributed by atoms with E-state index in [1.165, 1.54) is 16.9 Å². The Hall–Kier alpha value is -3.08. The molecule has 1 aliphatic heterocycles. The molecule has 1 unspecified atom stereocenters. The van der Waals surface area contributed by atoms with Crippen LogP contribution in [0.5, 0.6) is 5.75 Å². The largest absolute Gasteiger partial charge is 0.459 e. The quantitative estimate of drug-likeness (QED) is 0.183. The molecular weight excluding hydrogens is 551 g/mol. The highest BCUT2D eigenvalue weighted by molar-refractivity contribution is 7.52. The van der Waals surface area contributed by atoms with Gasteiger partial charge < -0.3 is 30.3 Å². The van der Waals surface area contributed by atoms with Gasteiger partial charge in [-0.05, 0) is 43.5 Å². The van der Waals surface area contributed by atoms with Gasteiger partial charge in [-0.1, -0.05) is 44.9 Å². The van der Waals surface area contributed by atoms with E-state index in [0.29, 0.717) is 11.9 Å². The number of anilines is 1. The molecule has 3 heterocycles. The summed E-state index contributed by atoms with van der Waals surface area (Å²) in [5, 5.41) is 49.8. The normalized spacial score (nSPS) is 25.6. The Labute approximate surface area is 238 Å². The number of nitrogen functional groups attached to an aromatic ring is 1. The lowest BCUT2D eigenvalue weighted by Gasteiger charge is -2.28. The lowest BCUT2D eigenvalue weighted by molar-refractivity contribution is -0.0622. The molecule has 1 saturated heterocycles. The molecular formula is C27H37N6O7P. The Morgan fingerprint density at radius 2 is 1.95 bits per heavy atom. The fourth-order valence-corrected chi connectivity index (χ4v) is 6.53. The molecule has 7 atom stereocenters. The zero-order valence-corrected chi connectivity index (χ0v) is 24.1. The van der Waals surface area contributed by atoms with Crippen molar-refractivity contribution in [3.63, 3.8) is 0 Å². The van der Waals surface area contributed by atoms with E-state index >= 15 is 0 Å². The molecule has 4 rings (SSSR count). The van der Waals surface area contributed by atoms with Gasteiger partial charge in [0, 0.05) is 6.04 Å². The Bertz CT molecular complexity index is 1400. The van der Waals surface area contributed by atoms with Gasteiger partial charge in [0.25, 0.3) is 0 Å². The van der Waals surface area contributed by atoms with Crippen LogP contribution in [0.3, 0.4) is 0 Å². The van der Waals surface area contributed by atoms with Crippen LogP contribution in [0.2, 0.25) is 0 Å². The van der Waals surface area contributed by atoms with Gasteiger partial charge in [-0.2, -0.15) is 10.4 Å². The van der Waals surface area contributed by atoms with Gasteiger partial charge in [0.2, 0.25) is 5.60 Å². The van der Waals surface area contributed by atoms with Crippen molar-refractivity contribution in [1.29, 1.82) is 5.26 Å². The number of nitriles is 1. The average Bonchev–Trinajstić information content (AvgIpc) is 3.51. The van der Waals surface area contributed by atoms with E-state index in [9.17, 15) is 25.1 Å². The number of rotatable bonds is 13. The average molecular weight is 589 g/mol. The Morgan fingerprint density at radius 3 is 2.61 bits per heavy atom. The van der Waals surface area contributed by atoms with Crippen LogP contribution < -0.4 is 15.3 Å². The molecule has 0 aliphatic carbocycles. The van der Waals surface area contributed by atoms with Gasteiger partial charge in [0.1, 0.15) is 42.0 Å². The predicted molar refractivity (Wildman–Crippen MR) is 149 cm³/mol. The summed E-state index contributed by atoms with van der Waals surface area (Å²) in [6.45, 7) is 5.25. The minimum Gasteiger partial charge on any atom is -0.413 e. The van der Waals surface area contributed by atoms with Crippen LogP contribution in [-0.2, 0) is 19.4 Å². The topological polar surface area (TPSA) is 197 Å². The fraction of sp³-hybridized carbons (Fsp3) is 0.519. The summed E-state index contributed by atoms with van der Waals surface area (Å²) in [4.78, 5) is 3.92. The van der Waals surface area contributed by atoms with Gasteiger partial charge in [0.15, 0.2) is 5.82 Å². The van der Waals surface area contributed by atoms with Crippen LogP contribution >= 0.6 is 7.75 Å². The first-order valence-corrected chi connectivity index (χ1v) is 15.1. The first-order chi connectivity index (χ1) is 19.6. The minimum absolute atomic E-state index is 0.123. The number of aromatic nitrogens is 3. The maximum Gasteiger partial charge on any atom is 0.459 e. The van der Waals surface area contributed by atoms with Crippen LogP contribution in [0.25, 0.3) is 5.52 Å². The smallest absolute Gasteiger partial charge is 0.413 e. The molecule has 0 saturated carbocycles. The number of benzene rings is 1. The van der Waals surface area contributed by atoms with E-state index in [0.717, 1.165) is 12.8 Å². The number of fused-ring (bicyclic) bond motifs is 1. The predicted octanol–water partition coefficient (Wildman–Crippen LogP) is 2.52. The van der Waals surface area contributed by atoms with E-state index < -0.39 is 50.4 Å². The van der Waals surface area contributed by atoms with Crippen molar-refractivity contribution < 1.29 is 33.7 Å². The molecule has 41 heavy (non-hydrogen) atoms. The van der Waals surface area contributed by atoms with Crippen molar-refractivity contribution in [1.82, 2.24) is 19.7 Å². The van der Waals surface area contributed by atoms with Crippen LogP contribution in [0.1, 0.15) is 45.7 Å². The SMILES string of the molecule is CCC(CC)CC(O)[C@H](C)N[P@](=O)(OC[C@H]1O[C@@](C#N)(c2ccc3c(N)ncnn23)[C@H](O)[C@@H]1O)Oc1ccccc1. The summed E-state index contributed by atoms with van der Waals surface area (Å²) in [6, 6.07) is 12.7.